The Bertz CT molecular complexity index is 748. The number of benzene rings is 2. The predicted molar refractivity (Wildman–Crippen MR) is 92.6 cm³/mol. The molecule has 1 unspecified atom stereocenters. The van der Waals surface area contributed by atoms with Crippen LogP contribution in [0, 0.1) is 5.82 Å². The number of carbonyl (C=O) groups is 2. The summed E-state index contributed by atoms with van der Waals surface area (Å²) in [5, 5.41) is 11.6. The number of ether oxygens (including phenoxy) is 2. The van der Waals surface area contributed by atoms with Crippen LogP contribution in [0.15, 0.2) is 48.5 Å². The topological polar surface area (TPSA) is 84.9 Å². The number of hydrogen-bond donors (Lipinski definition) is 2. The van der Waals surface area contributed by atoms with Crippen molar-refractivity contribution in [1.82, 2.24) is 5.32 Å². The highest BCUT2D eigenvalue weighted by molar-refractivity contribution is 5.79. The van der Waals surface area contributed by atoms with Gasteiger partial charge in [-0.05, 0) is 36.8 Å². The fraction of sp³-hybridized carbons (Fsp3) is 0.263. The Balaban J connectivity index is 2.01. The van der Waals surface area contributed by atoms with Gasteiger partial charge in [-0.25, -0.2) is 4.39 Å². The number of carbonyl (C=O) groups excluding carboxylic acids is 1. The van der Waals surface area contributed by atoms with Gasteiger partial charge in [0.15, 0.2) is 18.1 Å². The normalized spacial score (nSPS) is 11.5. The Hall–Kier alpha value is -3.09. The van der Waals surface area contributed by atoms with Crippen molar-refractivity contribution in [3.05, 3.63) is 59.9 Å². The highest BCUT2D eigenvalue weighted by Gasteiger charge is 2.19. The van der Waals surface area contributed by atoms with Gasteiger partial charge in [0, 0.05) is 0 Å². The van der Waals surface area contributed by atoms with E-state index in [2.05, 4.69) is 5.32 Å². The summed E-state index contributed by atoms with van der Waals surface area (Å²) in [5.74, 6) is -1.08. The molecule has 0 bridgehead atoms. The lowest BCUT2D eigenvalue weighted by molar-refractivity contribution is -0.137. The van der Waals surface area contributed by atoms with Gasteiger partial charge in [-0.1, -0.05) is 24.3 Å². The van der Waals surface area contributed by atoms with Crippen LogP contribution in [0.4, 0.5) is 4.39 Å². The molecule has 0 aliphatic heterocycles. The van der Waals surface area contributed by atoms with Crippen LogP contribution < -0.4 is 14.8 Å². The minimum Gasteiger partial charge on any atom is -0.490 e. The van der Waals surface area contributed by atoms with Crippen molar-refractivity contribution in [1.29, 1.82) is 0 Å². The van der Waals surface area contributed by atoms with E-state index in [4.69, 9.17) is 14.6 Å². The first-order valence-electron chi connectivity index (χ1n) is 8.10. The van der Waals surface area contributed by atoms with Crippen LogP contribution in [0.3, 0.4) is 0 Å². The van der Waals surface area contributed by atoms with Gasteiger partial charge >= 0.3 is 5.97 Å². The van der Waals surface area contributed by atoms with E-state index >= 15 is 0 Å². The SMILES string of the molecule is CCOc1ccccc1OCC(=O)NC(CC(=O)O)c1ccc(F)cc1. The molecule has 0 saturated carbocycles. The van der Waals surface area contributed by atoms with Gasteiger partial charge in [-0.15, -0.1) is 0 Å². The number of para-hydroxylation sites is 2. The number of nitrogens with one attached hydrogen (secondary N) is 1. The average molecular weight is 361 g/mol. The zero-order valence-electron chi connectivity index (χ0n) is 14.3. The van der Waals surface area contributed by atoms with Crippen molar-refractivity contribution >= 4 is 11.9 Å². The molecule has 2 aromatic rings. The zero-order chi connectivity index (χ0) is 18.9. The molecule has 2 N–H and O–H groups in total. The van der Waals surface area contributed by atoms with Crippen LogP contribution in [0.2, 0.25) is 0 Å². The van der Waals surface area contributed by atoms with Crippen LogP contribution in [0.25, 0.3) is 0 Å². The van der Waals surface area contributed by atoms with Crippen LogP contribution in [-0.4, -0.2) is 30.2 Å². The molecule has 138 valence electrons. The second-order valence-corrected chi connectivity index (χ2v) is 5.44. The molecule has 0 aromatic heterocycles. The van der Waals surface area contributed by atoms with Gasteiger partial charge in [0.2, 0.25) is 0 Å². The number of aliphatic carboxylic acids is 1. The van der Waals surface area contributed by atoms with Crippen molar-refractivity contribution in [2.75, 3.05) is 13.2 Å². The van der Waals surface area contributed by atoms with Crippen LogP contribution in [0.5, 0.6) is 11.5 Å². The van der Waals surface area contributed by atoms with Gasteiger partial charge in [-0.3, -0.25) is 9.59 Å². The number of carboxylic acids is 1. The molecule has 1 atom stereocenters. The minimum atomic E-state index is -1.08. The second kappa shape index (κ2) is 9.41. The van der Waals surface area contributed by atoms with E-state index in [1.807, 2.05) is 6.92 Å². The third-order valence-electron chi connectivity index (χ3n) is 3.49. The molecule has 0 aliphatic carbocycles. The zero-order valence-corrected chi connectivity index (χ0v) is 14.3. The number of hydrogen-bond acceptors (Lipinski definition) is 4. The monoisotopic (exact) mass is 361 g/mol. The van der Waals surface area contributed by atoms with Crippen molar-refractivity contribution in [3.63, 3.8) is 0 Å². The standard InChI is InChI=1S/C19H20FNO5/c1-2-25-16-5-3-4-6-17(16)26-12-18(22)21-15(11-19(23)24)13-7-9-14(20)10-8-13/h3-10,15H,2,11-12H2,1H3,(H,21,22)(H,23,24). The number of rotatable bonds is 9. The van der Waals surface area contributed by atoms with E-state index in [0.29, 0.717) is 23.7 Å². The average Bonchev–Trinajstić information content (AvgIpc) is 2.61. The van der Waals surface area contributed by atoms with Crippen LogP contribution in [0.1, 0.15) is 24.9 Å². The molecule has 0 fully saturated rings. The third-order valence-corrected chi connectivity index (χ3v) is 3.49. The lowest BCUT2D eigenvalue weighted by Gasteiger charge is -2.18. The van der Waals surface area contributed by atoms with Gasteiger partial charge < -0.3 is 19.9 Å². The Morgan fingerprint density at radius 1 is 1.08 bits per heavy atom. The fourth-order valence-corrected chi connectivity index (χ4v) is 2.35. The maximum absolute atomic E-state index is 13.0. The van der Waals surface area contributed by atoms with Crippen LogP contribution in [-0.2, 0) is 9.59 Å². The van der Waals surface area contributed by atoms with E-state index < -0.39 is 23.7 Å². The molecule has 0 heterocycles. The van der Waals surface area contributed by atoms with Crippen molar-refractivity contribution in [2.24, 2.45) is 0 Å². The van der Waals surface area contributed by atoms with E-state index in [0.717, 1.165) is 0 Å². The predicted octanol–water partition coefficient (Wildman–Crippen LogP) is 2.94. The molecule has 2 rings (SSSR count). The molecule has 7 heteroatoms. The van der Waals surface area contributed by atoms with E-state index in [1.165, 1.54) is 24.3 Å². The summed E-state index contributed by atoms with van der Waals surface area (Å²) in [6, 6.07) is 11.5. The molecule has 0 spiro atoms. The molecule has 2 aromatic carbocycles. The van der Waals surface area contributed by atoms with Crippen molar-refractivity contribution < 1.29 is 28.6 Å². The quantitative estimate of drug-likeness (QED) is 0.717. The van der Waals surface area contributed by atoms with Crippen LogP contribution >= 0.6 is 0 Å². The first-order chi connectivity index (χ1) is 12.5. The summed E-state index contributed by atoms with van der Waals surface area (Å²) in [6.45, 7) is 1.99. The molecule has 0 radical (unpaired) electrons. The smallest absolute Gasteiger partial charge is 0.305 e. The summed E-state index contributed by atoms with van der Waals surface area (Å²) in [4.78, 5) is 23.2. The number of amides is 1. The first-order valence-corrected chi connectivity index (χ1v) is 8.10. The van der Waals surface area contributed by atoms with Crippen molar-refractivity contribution in [2.45, 2.75) is 19.4 Å². The first kappa shape index (κ1) is 19.2. The van der Waals surface area contributed by atoms with Gasteiger partial charge in [0.1, 0.15) is 5.82 Å². The molecule has 26 heavy (non-hydrogen) atoms. The van der Waals surface area contributed by atoms with Gasteiger partial charge in [0.05, 0.1) is 19.1 Å². The summed E-state index contributed by atoms with van der Waals surface area (Å²) < 4.78 is 23.9. The van der Waals surface area contributed by atoms with E-state index in [-0.39, 0.29) is 13.0 Å². The highest BCUT2D eigenvalue weighted by Crippen LogP contribution is 2.26. The van der Waals surface area contributed by atoms with E-state index in [1.54, 1.807) is 24.3 Å². The minimum absolute atomic E-state index is 0.304. The second-order valence-electron chi connectivity index (χ2n) is 5.44. The molecule has 6 nitrogen and oxygen atoms in total. The third kappa shape index (κ3) is 5.77. The van der Waals surface area contributed by atoms with Gasteiger partial charge in [-0.2, -0.15) is 0 Å². The Labute approximate surface area is 150 Å². The molecular formula is C19H20FNO5. The van der Waals surface area contributed by atoms with E-state index in [9.17, 15) is 14.0 Å². The van der Waals surface area contributed by atoms with Crippen molar-refractivity contribution in [3.8, 4) is 11.5 Å². The highest BCUT2D eigenvalue weighted by atomic mass is 19.1. The molecule has 0 saturated heterocycles. The summed E-state index contributed by atoms with van der Waals surface area (Å²) in [6.07, 6.45) is -0.326. The summed E-state index contributed by atoms with van der Waals surface area (Å²) in [5.41, 5.74) is 0.497. The maximum Gasteiger partial charge on any atom is 0.305 e. The molecule has 0 aliphatic rings. The maximum atomic E-state index is 13.0. The number of carboxylic acid groups (broad SMARTS) is 1. The lowest BCUT2D eigenvalue weighted by Crippen LogP contribution is -2.33. The Morgan fingerprint density at radius 2 is 1.69 bits per heavy atom. The Kier molecular flexibility index (Phi) is 6.96. The molecular weight excluding hydrogens is 341 g/mol. The number of halogens is 1. The summed E-state index contributed by atoms with van der Waals surface area (Å²) in [7, 11) is 0. The lowest BCUT2D eigenvalue weighted by atomic mass is 10.0. The largest absolute Gasteiger partial charge is 0.490 e. The Morgan fingerprint density at radius 3 is 2.27 bits per heavy atom. The van der Waals surface area contributed by atoms with Gasteiger partial charge in [0.25, 0.3) is 5.91 Å². The summed E-state index contributed by atoms with van der Waals surface area (Å²) >= 11 is 0. The molecule has 1 amide bonds. The fourth-order valence-electron chi connectivity index (χ4n) is 2.35.